The van der Waals surface area contributed by atoms with Gasteiger partial charge in [0.1, 0.15) is 12.4 Å². The molecule has 0 radical (unpaired) electrons. The highest BCUT2D eigenvalue weighted by Gasteiger charge is 2.21. The first-order valence-electron chi connectivity index (χ1n) is 6.67. The maximum absolute atomic E-state index is 12.0. The minimum atomic E-state index is -0.0706. The number of benzene rings is 1. The summed E-state index contributed by atoms with van der Waals surface area (Å²) in [7, 11) is 0. The molecule has 6 heteroatoms. The van der Waals surface area contributed by atoms with Gasteiger partial charge in [0.05, 0.1) is 18.8 Å². The van der Waals surface area contributed by atoms with Gasteiger partial charge in [0.2, 0.25) is 5.91 Å². The predicted molar refractivity (Wildman–Crippen MR) is 78.5 cm³/mol. The minimum absolute atomic E-state index is 0.0348. The van der Waals surface area contributed by atoms with E-state index >= 15 is 0 Å². The molecule has 1 heterocycles. The highest BCUT2D eigenvalue weighted by atomic mass is 35.5. The van der Waals surface area contributed by atoms with Gasteiger partial charge in [0, 0.05) is 17.7 Å². The summed E-state index contributed by atoms with van der Waals surface area (Å²) in [6, 6.07) is 5.36. The Hall–Kier alpha value is -1.46. The molecule has 20 heavy (non-hydrogen) atoms. The van der Waals surface area contributed by atoms with E-state index in [0.717, 1.165) is 11.4 Å². The highest BCUT2D eigenvalue weighted by Crippen LogP contribution is 2.33. The average molecular weight is 299 g/mol. The molecular weight excluding hydrogens is 280 g/mol. The first-order chi connectivity index (χ1) is 9.60. The maximum atomic E-state index is 12.0. The van der Waals surface area contributed by atoms with E-state index in [1.807, 2.05) is 17.9 Å². The summed E-state index contributed by atoms with van der Waals surface area (Å²) < 4.78 is 5.54. The quantitative estimate of drug-likeness (QED) is 0.863. The van der Waals surface area contributed by atoms with Crippen LogP contribution in [0.5, 0.6) is 5.75 Å². The van der Waals surface area contributed by atoms with Crippen LogP contribution in [-0.4, -0.2) is 43.4 Å². The Bertz CT molecular complexity index is 481. The lowest BCUT2D eigenvalue weighted by Gasteiger charge is -2.31. The molecule has 5 nitrogen and oxygen atoms in total. The molecule has 0 spiro atoms. The summed E-state index contributed by atoms with van der Waals surface area (Å²) in [6.07, 6.45) is 0.553. The fraction of sp³-hybridized carbons (Fsp3) is 0.500. The standard InChI is InChI=1S/C14H19ClN2O3/c1-10(4-6-18)16-14(19)9-17-5-7-20-13-3-2-11(15)8-12(13)17/h2-3,8,10,18H,4-7,9H2,1H3,(H,16,19). The topological polar surface area (TPSA) is 61.8 Å². The fourth-order valence-electron chi connectivity index (χ4n) is 2.17. The first kappa shape index (κ1) is 14.9. The molecule has 1 aliphatic heterocycles. The van der Waals surface area contributed by atoms with Crippen molar-refractivity contribution in [2.75, 3.05) is 31.2 Å². The van der Waals surface area contributed by atoms with Crippen LogP contribution >= 0.6 is 11.6 Å². The SMILES string of the molecule is CC(CCO)NC(=O)CN1CCOc2ccc(Cl)cc21. The maximum Gasteiger partial charge on any atom is 0.239 e. The molecule has 0 aromatic heterocycles. The monoisotopic (exact) mass is 298 g/mol. The molecule has 1 aromatic rings. The van der Waals surface area contributed by atoms with Gasteiger partial charge in [-0.25, -0.2) is 0 Å². The van der Waals surface area contributed by atoms with Gasteiger partial charge in [-0.15, -0.1) is 0 Å². The minimum Gasteiger partial charge on any atom is -0.490 e. The molecule has 2 N–H and O–H groups in total. The fourth-order valence-corrected chi connectivity index (χ4v) is 2.34. The molecule has 0 aliphatic carbocycles. The summed E-state index contributed by atoms with van der Waals surface area (Å²) in [5, 5.41) is 12.3. The van der Waals surface area contributed by atoms with Gasteiger partial charge >= 0.3 is 0 Å². The lowest BCUT2D eigenvalue weighted by atomic mass is 10.2. The molecule has 110 valence electrons. The molecule has 1 amide bonds. The normalized spacial score (nSPS) is 15.2. The first-order valence-corrected chi connectivity index (χ1v) is 7.05. The lowest BCUT2D eigenvalue weighted by molar-refractivity contribution is -0.120. The second-order valence-electron chi connectivity index (χ2n) is 4.86. The number of hydrogen-bond acceptors (Lipinski definition) is 4. The van der Waals surface area contributed by atoms with E-state index in [1.165, 1.54) is 0 Å². The largest absolute Gasteiger partial charge is 0.490 e. The molecule has 1 unspecified atom stereocenters. The molecule has 0 bridgehead atoms. The average Bonchev–Trinajstić information content (AvgIpc) is 2.39. The number of aliphatic hydroxyl groups excluding tert-OH is 1. The Morgan fingerprint density at radius 1 is 1.60 bits per heavy atom. The van der Waals surface area contributed by atoms with Crippen molar-refractivity contribution in [2.45, 2.75) is 19.4 Å². The molecule has 0 saturated heterocycles. The van der Waals surface area contributed by atoms with Crippen LogP contribution in [-0.2, 0) is 4.79 Å². The smallest absolute Gasteiger partial charge is 0.239 e. The van der Waals surface area contributed by atoms with Crippen molar-refractivity contribution in [3.05, 3.63) is 23.2 Å². The number of carbonyl (C=O) groups excluding carboxylic acids is 1. The van der Waals surface area contributed by atoms with Gasteiger partial charge in [-0.3, -0.25) is 4.79 Å². The number of anilines is 1. The number of carbonyl (C=O) groups is 1. The van der Waals surface area contributed by atoms with E-state index in [4.69, 9.17) is 21.4 Å². The highest BCUT2D eigenvalue weighted by molar-refractivity contribution is 6.31. The van der Waals surface area contributed by atoms with Crippen molar-refractivity contribution < 1.29 is 14.6 Å². The lowest BCUT2D eigenvalue weighted by Crippen LogP contribution is -2.44. The van der Waals surface area contributed by atoms with Gasteiger partial charge < -0.3 is 20.1 Å². The molecule has 2 rings (SSSR count). The molecule has 1 aliphatic rings. The zero-order valence-electron chi connectivity index (χ0n) is 11.4. The van der Waals surface area contributed by atoms with Crippen LogP contribution in [0, 0.1) is 0 Å². The molecule has 0 fully saturated rings. The van der Waals surface area contributed by atoms with Gasteiger partial charge in [0.15, 0.2) is 0 Å². The number of fused-ring (bicyclic) bond motifs is 1. The van der Waals surface area contributed by atoms with Gasteiger partial charge in [-0.1, -0.05) is 11.6 Å². The van der Waals surface area contributed by atoms with E-state index < -0.39 is 0 Å². The Morgan fingerprint density at radius 3 is 3.15 bits per heavy atom. The van der Waals surface area contributed by atoms with Crippen LogP contribution in [0.4, 0.5) is 5.69 Å². The number of rotatable bonds is 5. The van der Waals surface area contributed by atoms with Crippen LogP contribution in [0.3, 0.4) is 0 Å². The van der Waals surface area contributed by atoms with Crippen molar-refractivity contribution in [3.8, 4) is 5.75 Å². The van der Waals surface area contributed by atoms with Crippen molar-refractivity contribution >= 4 is 23.2 Å². The third-order valence-electron chi connectivity index (χ3n) is 3.18. The summed E-state index contributed by atoms with van der Waals surface area (Å²) in [5.74, 6) is 0.677. The number of ether oxygens (including phenoxy) is 1. The molecule has 1 aromatic carbocycles. The zero-order chi connectivity index (χ0) is 14.5. The predicted octanol–water partition coefficient (Wildman–Crippen LogP) is 1.43. The third kappa shape index (κ3) is 3.77. The van der Waals surface area contributed by atoms with Crippen molar-refractivity contribution in [1.82, 2.24) is 5.32 Å². The number of halogens is 1. The van der Waals surface area contributed by atoms with Crippen LogP contribution in [0.25, 0.3) is 0 Å². The van der Waals surface area contributed by atoms with Gasteiger partial charge in [-0.2, -0.15) is 0 Å². The van der Waals surface area contributed by atoms with E-state index in [9.17, 15) is 4.79 Å². The second kappa shape index (κ2) is 6.81. The van der Waals surface area contributed by atoms with E-state index in [-0.39, 0.29) is 25.1 Å². The Kier molecular flexibility index (Phi) is 5.09. The van der Waals surface area contributed by atoms with Gasteiger partial charge in [0.25, 0.3) is 0 Å². The molecular formula is C14H19ClN2O3. The summed E-state index contributed by atoms with van der Waals surface area (Å²) in [6.45, 7) is 3.39. The zero-order valence-corrected chi connectivity index (χ0v) is 12.2. The number of aliphatic hydroxyl groups is 1. The van der Waals surface area contributed by atoms with Crippen molar-refractivity contribution in [3.63, 3.8) is 0 Å². The van der Waals surface area contributed by atoms with Crippen LogP contribution in [0.15, 0.2) is 18.2 Å². The summed E-state index contributed by atoms with van der Waals surface area (Å²) in [5.41, 5.74) is 0.841. The Morgan fingerprint density at radius 2 is 2.40 bits per heavy atom. The molecule has 1 atom stereocenters. The number of amides is 1. The van der Waals surface area contributed by atoms with E-state index in [2.05, 4.69) is 5.32 Å². The Labute approximate surface area is 123 Å². The molecule has 0 saturated carbocycles. The summed E-state index contributed by atoms with van der Waals surface area (Å²) >= 11 is 5.99. The van der Waals surface area contributed by atoms with E-state index in [0.29, 0.717) is 24.6 Å². The van der Waals surface area contributed by atoms with Gasteiger partial charge in [-0.05, 0) is 31.5 Å². The van der Waals surface area contributed by atoms with Crippen LogP contribution < -0.4 is 15.0 Å². The number of hydrogen-bond donors (Lipinski definition) is 2. The van der Waals surface area contributed by atoms with Crippen molar-refractivity contribution in [1.29, 1.82) is 0 Å². The third-order valence-corrected chi connectivity index (χ3v) is 3.42. The second-order valence-corrected chi connectivity index (χ2v) is 5.30. The Balaban J connectivity index is 2.01. The number of nitrogens with one attached hydrogen (secondary N) is 1. The van der Waals surface area contributed by atoms with Crippen LogP contribution in [0.1, 0.15) is 13.3 Å². The number of nitrogens with zero attached hydrogens (tertiary/aromatic N) is 1. The van der Waals surface area contributed by atoms with Crippen molar-refractivity contribution in [2.24, 2.45) is 0 Å². The summed E-state index contributed by atoms with van der Waals surface area (Å²) in [4.78, 5) is 13.9. The van der Waals surface area contributed by atoms with Crippen LogP contribution in [0.2, 0.25) is 5.02 Å². The van der Waals surface area contributed by atoms with E-state index in [1.54, 1.807) is 12.1 Å².